The van der Waals surface area contributed by atoms with Crippen molar-refractivity contribution in [2.75, 3.05) is 21.1 Å². The van der Waals surface area contributed by atoms with Gasteiger partial charge in [-0.2, -0.15) is 0 Å². The van der Waals surface area contributed by atoms with Crippen molar-refractivity contribution in [2.45, 2.75) is 19.4 Å². The summed E-state index contributed by atoms with van der Waals surface area (Å²) in [5.41, 5.74) is 1.63. The zero-order valence-electron chi connectivity index (χ0n) is 6.81. The maximum atomic E-state index is 2.31. The molecule has 0 spiro atoms. The highest BCUT2D eigenvalue weighted by Gasteiger charge is 2.26. The quantitative estimate of drug-likeness (QED) is 0.387. The minimum Gasteiger partial charge on any atom is -0.325 e. The Balaban J connectivity index is 2.50. The fourth-order valence-corrected chi connectivity index (χ4v) is 0.898. The van der Waals surface area contributed by atoms with Gasteiger partial charge in [0.15, 0.2) is 0 Å². The maximum Gasteiger partial charge on any atom is 0.107 e. The van der Waals surface area contributed by atoms with Crippen LogP contribution in [0.15, 0.2) is 11.6 Å². The van der Waals surface area contributed by atoms with E-state index < -0.39 is 0 Å². The lowest BCUT2D eigenvalue weighted by atomic mass is 10.2. The van der Waals surface area contributed by atoms with Gasteiger partial charge in [0.1, 0.15) is 6.04 Å². The van der Waals surface area contributed by atoms with Gasteiger partial charge in [0.2, 0.25) is 0 Å². The molecule has 1 aliphatic rings. The van der Waals surface area contributed by atoms with Gasteiger partial charge in [0.25, 0.3) is 0 Å². The fourth-order valence-electron chi connectivity index (χ4n) is 0.898. The highest BCUT2D eigenvalue weighted by Crippen LogP contribution is 2.27. The van der Waals surface area contributed by atoms with Crippen molar-refractivity contribution in [2.24, 2.45) is 0 Å². The summed E-state index contributed by atoms with van der Waals surface area (Å²) in [6.45, 7) is 2.29. The van der Waals surface area contributed by atoms with Gasteiger partial charge in [-0.1, -0.05) is 6.08 Å². The molecule has 0 saturated carbocycles. The van der Waals surface area contributed by atoms with Gasteiger partial charge in [0.05, 0.1) is 21.1 Å². The van der Waals surface area contributed by atoms with E-state index in [9.17, 15) is 0 Å². The van der Waals surface area contributed by atoms with Crippen molar-refractivity contribution >= 4 is 0 Å². The van der Waals surface area contributed by atoms with Gasteiger partial charge in [-0.3, -0.25) is 0 Å². The summed E-state index contributed by atoms with van der Waals surface area (Å²) >= 11 is 0. The van der Waals surface area contributed by atoms with Crippen LogP contribution in [0.2, 0.25) is 0 Å². The van der Waals surface area contributed by atoms with Crippen molar-refractivity contribution in [3.05, 3.63) is 11.6 Å². The van der Waals surface area contributed by atoms with Gasteiger partial charge >= 0.3 is 0 Å². The molecule has 0 radical (unpaired) electrons. The zero-order valence-corrected chi connectivity index (χ0v) is 6.81. The molecule has 1 heteroatoms. The predicted molar refractivity (Wildman–Crippen MR) is 40.2 cm³/mol. The Hall–Kier alpha value is -0.300. The van der Waals surface area contributed by atoms with E-state index in [1.165, 1.54) is 6.42 Å². The number of likely N-dealkylation sites (N-methyl/N-ethyl adjacent to an activating group) is 1. The molecule has 1 atom stereocenters. The van der Waals surface area contributed by atoms with Crippen LogP contribution >= 0.6 is 0 Å². The average molecular weight is 126 g/mol. The summed E-state index contributed by atoms with van der Waals surface area (Å²) in [6.07, 6.45) is 3.57. The van der Waals surface area contributed by atoms with Crippen LogP contribution < -0.4 is 0 Å². The second kappa shape index (κ2) is 1.84. The Bertz CT molecular complexity index is 139. The minimum atomic E-state index is 0.727. The van der Waals surface area contributed by atoms with Crippen LogP contribution in [0, 0.1) is 0 Å². The van der Waals surface area contributed by atoms with Crippen molar-refractivity contribution in [3.63, 3.8) is 0 Å². The Morgan fingerprint density at radius 1 is 1.44 bits per heavy atom. The van der Waals surface area contributed by atoms with E-state index in [0.29, 0.717) is 0 Å². The first-order chi connectivity index (χ1) is 4.02. The third-order valence-corrected chi connectivity index (χ3v) is 2.14. The number of nitrogens with zero attached hydrogens (tertiary/aromatic N) is 1. The molecule has 9 heavy (non-hydrogen) atoms. The standard InChI is InChI=1S/C8H16N/c1-7(8-5-6-8)9(2,3)4/h5,7H,6H2,1-4H3/q+1. The maximum absolute atomic E-state index is 2.31. The van der Waals surface area contributed by atoms with E-state index in [0.717, 1.165) is 10.5 Å². The molecule has 0 bridgehead atoms. The molecule has 0 heterocycles. The molecule has 0 amide bonds. The molecule has 0 N–H and O–H groups in total. The molecule has 0 fully saturated rings. The third kappa shape index (κ3) is 1.55. The van der Waals surface area contributed by atoms with Gasteiger partial charge in [0, 0.05) is 0 Å². The van der Waals surface area contributed by atoms with E-state index >= 15 is 0 Å². The number of quaternary nitrogens is 1. The Kier molecular flexibility index (Phi) is 1.39. The van der Waals surface area contributed by atoms with Gasteiger partial charge in [-0.15, -0.1) is 0 Å². The van der Waals surface area contributed by atoms with Gasteiger partial charge in [-0.25, -0.2) is 0 Å². The van der Waals surface area contributed by atoms with Crippen molar-refractivity contribution in [3.8, 4) is 0 Å². The number of hydrogen-bond acceptors (Lipinski definition) is 0. The molecular formula is C8H16N+. The van der Waals surface area contributed by atoms with Crippen LogP contribution in [0.5, 0.6) is 0 Å². The average Bonchev–Trinajstić information content (AvgIpc) is 2.40. The number of allylic oxidation sites excluding steroid dienone is 1. The Labute approximate surface area is 57.6 Å². The first-order valence-electron chi connectivity index (χ1n) is 3.52. The van der Waals surface area contributed by atoms with Gasteiger partial charge in [-0.05, 0) is 18.9 Å². The molecule has 1 aliphatic carbocycles. The highest BCUT2D eigenvalue weighted by atomic mass is 15.3. The van der Waals surface area contributed by atoms with Crippen LogP contribution in [-0.2, 0) is 0 Å². The predicted octanol–water partition coefficient (Wildman–Crippen LogP) is 1.41. The summed E-state index contributed by atoms with van der Waals surface area (Å²) in [5.74, 6) is 0. The van der Waals surface area contributed by atoms with E-state index in [2.05, 4.69) is 34.1 Å². The molecule has 0 aromatic rings. The smallest absolute Gasteiger partial charge is 0.107 e. The molecular weight excluding hydrogens is 110 g/mol. The second-order valence-electron chi connectivity index (χ2n) is 3.78. The first-order valence-corrected chi connectivity index (χ1v) is 3.52. The van der Waals surface area contributed by atoms with Crippen LogP contribution in [0.25, 0.3) is 0 Å². The molecule has 1 unspecified atom stereocenters. The third-order valence-electron chi connectivity index (χ3n) is 2.14. The monoisotopic (exact) mass is 126 g/mol. The number of hydrogen-bond donors (Lipinski definition) is 0. The summed E-state index contributed by atoms with van der Waals surface area (Å²) in [7, 11) is 6.72. The van der Waals surface area contributed by atoms with Crippen LogP contribution in [0.3, 0.4) is 0 Å². The van der Waals surface area contributed by atoms with Crippen LogP contribution in [0.1, 0.15) is 13.3 Å². The van der Waals surface area contributed by atoms with Crippen molar-refractivity contribution in [1.82, 2.24) is 0 Å². The highest BCUT2D eigenvalue weighted by molar-refractivity contribution is 5.25. The van der Waals surface area contributed by atoms with E-state index in [1.807, 2.05) is 0 Å². The Morgan fingerprint density at radius 3 is 2.00 bits per heavy atom. The van der Waals surface area contributed by atoms with E-state index in [4.69, 9.17) is 0 Å². The normalized spacial score (nSPS) is 21.1. The number of rotatable bonds is 2. The molecule has 0 aromatic carbocycles. The lowest BCUT2D eigenvalue weighted by molar-refractivity contribution is -0.888. The molecule has 52 valence electrons. The molecule has 0 aromatic heterocycles. The van der Waals surface area contributed by atoms with E-state index in [1.54, 1.807) is 5.57 Å². The summed E-state index contributed by atoms with van der Waals surface area (Å²) in [6, 6.07) is 0.727. The molecule has 1 rings (SSSR count). The summed E-state index contributed by atoms with van der Waals surface area (Å²) in [4.78, 5) is 0. The van der Waals surface area contributed by atoms with Crippen LogP contribution in [0.4, 0.5) is 0 Å². The van der Waals surface area contributed by atoms with Crippen molar-refractivity contribution in [1.29, 1.82) is 0 Å². The summed E-state index contributed by atoms with van der Waals surface area (Å²) < 4.78 is 1.06. The fraction of sp³-hybridized carbons (Fsp3) is 0.750. The zero-order chi connectivity index (χ0) is 7.07. The Morgan fingerprint density at radius 2 is 1.89 bits per heavy atom. The lowest BCUT2D eigenvalue weighted by Gasteiger charge is -2.30. The van der Waals surface area contributed by atoms with Gasteiger partial charge < -0.3 is 4.48 Å². The van der Waals surface area contributed by atoms with Crippen LogP contribution in [-0.4, -0.2) is 31.7 Å². The lowest BCUT2D eigenvalue weighted by Crippen LogP contribution is -2.42. The summed E-state index contributed by atoms with van der Waals surface area (Å²) in [5, 5.41) is 0. The largest absolute Gasteiger partial charge is 0.325 e. The minimum absolute atomic E-state index is 0.727. The second-order valence-corrected chi connectivity index (χ2v) is 3.78. The molecule has 1 nitrogen and oxygen atoms in total. The molecule has 0 aliphatic heterocycles. The first kappa shape index (κ1) is 6.81. The van der Waals surface area contributed by atoms with E-state index in [-0.39, 0.29) is 0 Å². The molecule has 0 saturated heterocycles. The topological polar surface area (TPSA) is 0 Å². The van der Waals surface area contributed by atoms with Crippen molar-refractivity contribution < 1.29 is 4.48 Å². The SMILES string of the molecule is CC(C1=CC1)[N+](C)(C)C.